The Balaban J connectivity index is 1.31. The van der Waals surface area contributed by atoms with Crippen LogP contribution in [0.1, 0.15) is 77.0 Å². The second-order valence-electron chi connectivity index (χ2n) is 10.5. The molecule has 4 atom stereocenters. The summed E-state index contributed by atoms with van der Waals surface area (Å²) in [6, 6.07) is 0. The first kappa shape index (κ1) is 14.2. The van der Waals surface area contributed by atoms with Crippen LogP contribution >= 0.6 is 0 Å². The Hall–Kier alpha value is -0.0400. The quantitative estimate of drug-likeness (QED) is 0.645. The highest BCUT2D eigenvalue weighted by Gasteiger charge is 2.59. The second kappa shape index (κ2) is 4.99. The molecular formula is C22H33O. The summed E-state index contributed by atoms with van der Waals surface area (Å²) in [6.07, 6.45) is 19.9. The third-order valence-corrected chi connectivity index (χ3v) is 9.12. The van der Waals surface area contributed by atoms with Gasteiger partial charge in [-0.25, -0.2) is 0 Å². The minimum atomic E-state index is 0.543. The van der Waals surface area contributed by atoms with E-state index in [0.717, 1.165) is 48.0 Å². The van der Waals surface area contributed by atoms with Crippen LogP contribution in [-0.4, -0.2) is 6.61 Å². The van der Waals surface area contributed by atoms with Crippen LogP contribution in [0.4, 0.5) is 0 Å². The molecule has 7 aliphatic rings. The molecule has 0 spiro atoms. The summed E-state index contributed by atoms with van der Waals surface area (Å²) in [5.41, 5.74) is 0.543. The van der Waals surface area contributed by atoms with Gasteiger partial charge in [-0.1, -0.05) is 6.42 Å². The van der Waals surface area contributed by atoms with E-state index in [0.29, 0.717) is 5.41 Å². The first-order valence-electron chi connectivity index (χ1n) is 10.8. The summed E-state index contributed by atoms with van der Waals surface area (Å²) in [4.78, 5) is 0. The van der Waals surface area contributed by atoms with Gasteiger partial charge in [0.1, 0.15) is 6.10 Å². The monoisotopic (exact) mass is 313 g/mol. The molecule has 1 radical (unpaired) electrons. The summed E-state index contributed by atoms with van der Waals surface area (Å²) in [7, 11) is 0. The zero-order valence-corrected chi connectivity index (χ0v) is 14.6. The molecule has 1 heteroatoms. The van der Waals surface area contributed by atoms with E-state index in [1.165, 1.54) is 32.1 Å². The average Bonchev–Trinajstić information content (AvgIpc) is 3.17. The van der Waals surface area contributed by atoms with Crippen molar-refractivity contribution in [2.45, 2.75) is 77.0 Å². The molecule has 1 aliphatic heterocycles. The zero-order valence-electron chi connectivity index (χ0n) is 14.6. The lowest BCUT2D eigenvalue weighted by molar-refractivity contribution is -0.126. The van der Waals surface area contributed by atoms with Gasteiger partial charge in [-0.3, -0.25) is 0 Å². The fourth-order valence-corrected chi connectivity index (χ4v) is 8.88. The smallest absolute Gasteiger partial charge is 0.107 e. The fourth-order valence-electron chi connectivity index (χ4n) is 8.88. The van der Waals surface area contributed by atoms with Crippen LogP contribution < -0.4 is 0 Å². The molecule has 7 rings (SSSR count). The summed E-state index contributed by atoms with van der Waals surface area (Å²) in [5, 5.41) is 0. The number of ether oxygens (including phenoxy) is 1. The Morgan fingerprint density at radius 3 is 2.09 bits per heavy atom. The van der Waals surface area contributed by atoms with E-state index in [-0.39, 0.29) is 0 Å². The van der Waals surface area contributed by atoms with Gasteiger partial charge in [0.05, 0.1) is 0 Å². The zero-order chi connectivity index (χ0) is 15.0. The van der Waals surface area contributed by atoms with Crippen LogP contribution in [-0.2, 0) is 4.74 Å². The van der Waals surface area contributed by atoms with E-state index in [1.54, 1.807) is 51.0 Å². The summed E-state index contributed by atoms with van der Waals surface area (Å²) < 4.78 is 6.61. The normalized spacial score (nSPS) is 58.2. The van der Waals surface area contributed by atoms with Crippen molar-refractivity contribution >= 4 is 0 Å². The van der Waals surface area contributed by atoms with E-state index in [1.807, 2.05) is 0 Å². The molecule has 6 aliphatic carbocycles. The van der Waals surface area contributed by atoms with Crippen LogP contribution in [0.2, 0.25) is 0 Å². The Bertz CT molecular complexity index is 447. The van der Waals surface area contributed by atoms with E-state index in [4.69, 9.17) is 4.74 Å². The predicted molar refractivity (Wildman–Crippen MR) is 91.5 cm³/mol. The summed E-state index contributed by atoms with van der Waals surface area (Å²) >= 11 is 0. The van der Waals surface area contributed by atoms with Gasteiger partial charge in [-0.2, -0.15) is 0 Å². The van der Waals surface area contributed by atoms with Crippen LogP contribution in [0.25, 0.3) is 0 Å². The molecule has 0 aromatic carbocycles. The van der Waals surface area contributed by atoms with E-state index in [2.05, 4.69) is 0 Å². The van der Waals surface area contributed by atoms with Gasteiger partial charge in [0.15, 0.2) is 0 Å². The second-order valence-corrected chi connectivity index (χ2v) is 10.5. The number of hydrogen-bond acceptors (Lipinski definition) is 1. The largest absolute Gasteiger partial charge is 0.371 e. The van der Waals surface area contributed by atoms with Crippen molar-refractivity contribution in [1.29, 1.82) is 0 Å². The van der Waals surface area contributed by atoms with E-state index < -0.39 is 0 Å². The molecule has 1 saturated heterocycles. The molecule has 1 heterocycles. The molecule has 6 bridgehead atoms. The molecule has 0 amide bonds. The molecule has 6 saturated carbocycles. The van der Waals surface area contributed by atoms with E-state index >= 15 is 0 Å². The number of rotatable bonds is 2. The van der Waals surface area contributed by atoms with Gasteiger partial charge in [-0.05, 0) is 112 Å². The highest BCUT2D eigenvalue weighted by molar-refractivity contribution is 5.16. The highest BCUT2D eigenvalue weighted by atomic mass is 16.5. The Labute approximate surface area is 141 Å². The fraction of sp³-hybridized carbons (Fsp3) is 0.955. The van der Waals surface area contributed by atoms with Crippen molar-refractivity contribution in [2.75, 3.05) is 6.61 Å². The van der Waals surface area contributed by atoms with Crippen molar-refractivity contribution in [1.82, 2.24) is 0 Å². The summed E-state index contributed by atoms with van der Waals surface area (Å²) in [6.45, 7) is 1.04. The molecule has 4 unspecified atom stereocenters. The third-order valence-electron chi connectivity index (χ3n) is 9.12. The lowest BCUT2D eigenvalue weighted by Gasteiger charge is -2.61. The maximum absolute atomic E-state index is 6.61. The maximum Gasteiger partial charge on any atom is 0.107 e. The Morgan fingerprint density at radius 1 is 0.739 bits per heavy atom. The van der Waals surface area contributed by atoms with Crippen LogP contribution in [0.15, 0.2) is 0 Å². The van der Waals surface area contributed by atoms with Crippen LogP contribution in [0.5, 0.6) is 0 Å². The molecule has 7 fully saturated rings. The number of hydrogen-bond donors (Lipinski definition) is 0. The summed E-state index contributed by atoms with van der Waals surface area (Å²) in [5.74, 6) is 7.19. The molecule has 23 heavy (non-hydrogen) atoms. The molecular weight excluding hydrogens is 280 g/mol. The SMILES string of the molecule is C1CO[C](C23CC4CC(CC(C4)C2)C3)C(C2CC3CCC2C3)C1. The van der Waals surface area contributed by atoms with Gasteiger partial charge in [-0.15, -0.1) is 0 Å². The third kappa shape index (κ3) is 2.07. The molecule has 1 nitrogen and oxygen atoms in total. The lowest BCUT2D eigenvalue weighted by atomic mass is 9.46. The highest BCUT2D eigenvalue weighted by Crippen LogP contribution is 2.67. The maximum atomic E-state index is 6.61. The Kier molecular flexibility index (Phi) is 3.07. The first-order valence-corrected chi connectivity index (χ1v) is 10.8. The van der Waals surface area contributed by atoms with Gasteiger partial charge in [0, 0.05) is 12.0 Å². The minimum Gasteiger partial charge on any atom is -0.371 e. The van der Waals surface area contributed by atoms with Crippen LogP contribution in [0, 0.1) is 52.9 Å². The topological polar surface area (TPSA) is 9.23 Å². The first-order chi connectivity index (χ1) is 11.3. The Morgan fingerprint density at radius 2 is 1.48 bits per heavy atom. The molecule has 127 valence electrons. The van der Waals surface area contributed by atoms with Gasteiger partial charge >= 0.3 is 0 Å². The van der Waals surface area contributed by atoms with Gasteiger partial charge in [0.2, 0.25) is 0 Å². The van der Waals surface area contributed by atoms with Crippen molar-refractivity contribution in [3.05, 3.63) is 6.10 Å². The van der Waals surface area contributed by atoms with E-state index in [9.17, 15) is 0 Å². The van der Waals surface area contributed by atoms with Gasteiger partial charge in [0.25, 0.3) is 0 Å². The van der Waals surface area contributed by atoms with Crippen molar-refractivity contribution in [2.24, 2.45) is 46.8 Å². The molecule has 0 aromatic heterocycles. The van der Waals surface area contributed by atoms with Crippen molar-refractivity contribution in [3.8, 4) is 0 Å². The number of fused-ring (bicyclic) bond motifs is 2. The van der Waals surface area contributed by atoms with Gasteiger partial charge < -0.3 is 4.74 Å². The van der Waals surface area contributed by atoms with Crippen molar-refractivity contribution in [3.63, 3.8) is 0 Å². The molecule has 0 aromatic rings. The molecule has 0 N–H and O–H groups in total. The van der Waals surface area contributed by atoms with Crippen LogP contribution in [0.3, 0.4) is 0 Å². The standard InChI is InChI=1S/C22H33O/c1-2-19(20-10-14-3-4-18(20)9-14)21(23-5-1)22-11-15-6-16(12-22)8-17(7-15)13-22/h14-20H,1-13H2. The van der Waals surface area contributed by atoms with Crippen molar-refractivity contribution < 1.29 is 4.74 Å². The predicted octanol–water partition coefficient (Wildman–Crippen LogP) is 5.60. The minimum absolute atomic E-state index is 0.543. The lowest BCUT2D eigenvalue weighted by Crippen LogP contribution is -2.52. The average molecular weight is 314 g/mol.